The van der Waals surface area contributed by atoms with Gasteiger partial charge in [0.15, 0.2) is 9.84 Å². The number of aromatic nitrogens is 1. The van der Waals surface area contributed by atoms with Crippen LogP contribution in [0.3, 0.4) is 0 Å². The summed E-state index contributed by atoms with van der Waals surface area (Å²) in [7, 11) is -3.34. The van der Waals surface area contributed by atoms with Crippen molar-refractivity contribution in [2.75, 3.05) is 6.26 Å². The van der Waals surface area contributed by atoms with Gasteiger partial charge in [-0.1, -0.05) is 46.6 Å². The van der Waals surface area contributed by atoms with Crippen molar-refractivity contribution in [1.29, 1.82) is 0 Å². The second-order valence-electron chi connectivity index (χ2n) is 6.64. The third-order valence-electron chi connectivity index (χ3n) is 4.46. The predicted octanol–water partition coefficient (Wildman–Crippen LogP) is 4.55. The Morgan fingerprint density at radius 3 is 2.37 bits per heavy atom. The van der Waals surface area contributed by atoms with Crippen LogP contribution in [0, 0.1) is 0 Å². The lowest BCUT2D eigenvalue weighted by molar-refractivity contribution is -0.129. The van der Waals surface area contributed by atoms with Crippen LogP contribution in [0.4, 0.5) is 0 Å². The van der Waals surface area contributed by atoms with Crippen molar-refractivity contribution in [1.82, 2.24) is 10.6 Å². The van der Waals surface area contributed by atoms with E-state index in [1.807, 2.05) is 0 Å². The second-order valence-corrected chi connectivity index (χ2v) is 9.47. The first-order valence-corrected chi connectivity index (χ1v) is 11.5. The van der Waals surface area contributed by atoms with Crippen molar-refractivity contribution in [3.05, 3.63) is 58.3 Å². The number of hydrogen-bond donors (Lipinski definition) is 2. The molecule has 0 fully saturated rings. The minimum atomic E-state index is -3.34. The van der Waals surface area contributed by atoms with Crippen LogP contribution < -0.4 is 5.48 Å². The normalized spacial score (nSPS) is 11.5. The van der Waals surface area contributed by atoms with E-state index in [0.29, 0.717) is 51.0 Å². The Kier molecular flexibility index (Phi) is 6.82. The molecule has 0 aliphatic carbocycles. The predicted molar refractivity (Wildman–Crippen MR) is 113 cm³/mol. The first kappa shape index (κ1) is 22.3. The Hall–Kier alpha value is -2.39. The summed E-state index contributed by atoms with van der Waals surface area (Å²) in [6.45, 7) is 0. The van der Waals surface area contributed by atoms with E-state index in [1.165, 1.54) is 12.1 Å². The fraction of sp³-hybridized carbons (Fsp3) is 0.200. The highest BCUT2D eigenvalue weighted by Gasteiger charge is 2.21. The smallest absolute Gasteiger partial charge is 0.243 e. The molecule has 158 valence electrons. The maximum Gasteiger partial charge on any atom is 0.243 e. The van der Waals surface area contributed by atoms with E-state index in [9.17, 15) is 13.2 Å². The van der Waals surface area contributed by atoms with Gasteiger partial charge in [0, 0.05) is 24.7 Å². The van der Waals surface area contributed by atoms with Gasteiger partial charge < -0.3 is 4.52 Å². The second kappa shape index (κ2) is 9.18. The molecule has 30 heavy (non-hydrogen) atoms. The summed E-state index contributed by atoms with van der Waals surface area (Å²) in [5.41, 5.74) is 4.15. The van der Waals surface area contributed by atoms with Crippen LogP contribution in [0.15, 0.2) is 51.9 Å². The molecule has 0 atom stereocenters. The van der Waals surface area contributed by atoms with Crippen LogP contribution >= 0.6 is 23.2 Å². The largest absolute Gasteiger partial charge is 0.360 e. The standard InChI is InChI=1S/C20H18Cl2N2O5S/c1-30(27,28)14-8-5-12(6-9-14)19-17(3-2-4-18(25)23-26)29-24-20(19)13-7-10-15(21)16(22)11-13/h5-11,26H,2-4H2,1H3,(H,23,25). The highest BCUT2D eigenvalue weighted by molar-refractivity contribution is 7.90. The van der Waals surface area contributed by atoms with Crippen molar-refractivity contribution in [2.45, 2.75) is 24.2 Å². The number of nitrogens with one attached hydrogen (secondary N) is 1. The monoisotopic (exact) mass is 468 g/mol. The lowest BCUT2D eigenvalue weighted by Crippen LogP contribution is -2.18. The zero-order valence-electron chi connectivity index (χ0n) is 15.9. The van der Waals surface area contributed by atoms with E-state index in [4.69, 9.17) is 32.9 Å². The number of sulfone groups is 1. The van der Waals surface area contributed by atoms with Gasteiger partial charge in [-0.05, 0) is 36.2 Å². The number of carbonyl (C=O) groups is 1. The topological polar surface area (TPSA) is 110 Å². The van der Waals surface area contributed by atoms with Crippen LogP contribution in [0.2, 0.25) is 10.0 Å². The molecule has 1 amide bonds. The number of hydroxylamine groups is 1. The third-order valence-corrected chi connectivity index (χ3v) is 6.33. The van der Waals surface area contributed by atoms with Crippen molar-refractivity contribution < 1.29 is 22.9 Å². The maximum atomic E-state index is 11.8. The molecule has 0 aliphatic rings. The molecule has 3 aromatic rings. The van der Waals surface area contributed by atoms with Gasteiger partial charge in [0.1, 0.15) is 11.5 Å². The number of amides is 1. The number of carbonyl (C=O) groups excluding carboxylic acids is 1. The minimum Gasteiger partial charge on any atom is -0.360 e. The number of hydrogen-bond acceptors (Lipinski definition) is 6. The Bertz CT molecular complexity index is 1170. The van der Waals surface area contributed by atoms with Crippen LogP contribution in [0.1, 0.15) is 18.6 Å². The average Bonchev–Trinajstić information content (AvgIpc) is 3.13. The maximum absolute atomic E-state index is 11.8. The number of benzene rings is 2. The Labute approximate surface area is 183 Å². The van der Waals surface area contributed by atoms with Gasteiger partial charge in [0.05, 0.1) is 20.5 Å². The van der Waals surface area contributed by atoms with Crippen molar-refractivity contribution in [3.8, 4) is 22.4 Å². The van der Waals surface area contributed by atoms with E-state index in [1.54, 1.807) is 35.8 Å². The zero-order valence-corrected chi connectivity index (χ0v) is 18.2. The highest BCUT2D eigenvalue weighted by atomic mass is 35.5. The Morgan fingerprint density at radius 2 is 1.77 bits per heavy atom. The number of halogens is 2. The fourth-order valence-electron chi connectivity index (χ4n) is 2.97. The molecule has 0 spiro atoms. The summed E-state index contributed by atoms with van der Waals surface area (Å²) in [6, 6.07) is 11.4. The molecule has 0 bridgehead atoms. The van der Waals surface area contributed by atoms with E-state index in [2.05, 4.69) is 5.16 Å². The molecule has 2 N–H and O–H groups in total. The van der Waals surface area contributed by atoms with Gasteiger partial charge in [0.2, 0.25) is 5.91 Å². The molecule has 2 aromatic carbocycles. The van der Waals surface area contributed by atoms with E-state index >= 15 is 0 Å². The van der Waals surface area contributed by atoms with Gasteiger partial charge in [-0.25, -0.2) is 13.9 Å². The van der Waals surface area contributed by atoms with Gasteiger partial charge in [-0.3, -0.25) is 10.0 Å². The molecule has 7 nitrogen and oxygen atoms in total. The molecule has 0 saturated carbocycles. The summed E-state index contributed by atoms with van der Waals surface area (Å²) in [6.07, 6.45) is 2.04. The molecular formula is C20H18Cl2N2O5S. The van der Waals surface area contributed by atoms with Crippen molar-refractivity contribution in [3.63, 3.8) is 0 Å². The summed E-state index contributed by atoms with van der Waals surface area (Å²) >= 11 is 12.2. The van der Waals surface area contributed by atoms with Gasteiger partial charge in [-0.2, -0.15) is 0 Å². The van der Waals surface area contributed by atoms with Crippen LogP contribution in [0.25, 0.3) is 22.4 Å². The molecule has 0 aliphatic heterocycles. The summed E-state index contributed by atoms with van der Waals surface area (Å²) in [5, 5.41) is 13.6. The summed E-state index contributed by atoms with van der Waals surface area (Å²) < 4.78 is 29.1. The van der Waals surface area contributed by atoms with Gasteiger partial charge in [-0.15, -0.1) is 0 Å². The number of nitrogens with zero attached hydrogens (tertiary/aromatic N) is 1. The first-order valence-electron chi connectivity index (χ1n) is 8.88. The van der Waals surface area contributed by atoms with E-state index in [-0.39, 0.29) is 11.3 Å². The first-order chi connectivity index (χ1) is 14.2. The summed E-state index contributed by atoms with van der Waals surface area (Å²) in [5.74, 6) is 0.0206. The average molecular weight is 469 g/mol. The van der Waals surface area contributed by atoms with Crippen LogP contribution in [-0.2, 0) is 21.1 Å². The number of rotatable bonds is 7. The third kappa shape index (κ3) is 5.02. The van der Waals surface area contributed by atoms with Crippen LogP contribution in [-0.4, -0.2) is 30.9 Å². The van der Waals surface area contributed by atoms with Crippen LogP contribution in [0.5, 0.6) is 0 Å². The molecule has 1 aromatic heterocycles. The minimum absolute atomic E-state index is 0.103. The molecule has 0 unspecified atom stereocenters. The summed E-state index contributed by atoms with van der Waals surface area (Å²) in [4.78, 5) is 11.5. The van der Waals surface area contributed by atoms with Crippen molar-refractivity contribution in [2.24, 2.45) is 0 Å². The highest BCUT2D eigenvalue weighted by Crippen LogP contribution is 2.37. The van der Waals surface area contributed by atoms with E-state index in [0.717, 1.165) is 6.26 Å². The molecule has 1 heterocycles. The molecule has 0 saturated heterocycles. The van der Waals surface area contributed by atoms with Crippen molar-refractivity contribution >= 4 is 38.9 Å². The SMILES string of the molecule is CS(=O)(=O)c1ccc(-c2c(-c3ccc(Cl)c(Cl)c3)noc2CCCC(=O)NO)cc1. The zero-order chi connectivity index (χ0) is 21.9. The molecule has 10 heteroatoms. The molecule has 3 rings (SSSR count). The van der Waals surface area contributed by atoms with Gasteiger partial charge >= 0.3 is 0 Å². The lowest BCUT2D eigenvalue weighted by atomic mass is 9.97. The molecule has 0 radical (unpaired) electrons. The van der Waals surface area contributed by atoms with E-state index < -0.39 is 15.7 Å². The number of aryl methyl sites for hydroxylation is 1. The quantitative estimate of drug-likeness (QED) is 0.388. The fourth-order valence-corrected chi connectivity index (χ4v) is 3.90. The molecular weight excluding hydrogens is 451 g/mol. The lowest BCUT2D eigenvalue weighted by Gasteiger charge is -2.07. The Morgan fingerprint density at radius 1 is 1.10 bits per heavy atom. The Balaban J connectivity index is 2.05. The van der Waals surface area contributed by atoms with Gasteiger partial charge in [0.25, 0.3) is 0 Å².